The third-order valence-electron chi connectivity index (χ3n) is 2.20. The summed E-state index contributed by atoms with van der Waals surface area (Å²) >= 11 is 0. The molecule has 2 N–H and O–H groups in total. The molecule has 1 aromatic rings. The Hall–Kier alpha value is -1.72. The SMILES string of the molecule is O=[N+]([O-])c1ccccc1S(=O)(=O)NCC(O)C(F)(F)F. The maximum absolute atomic E-state index is 12.0. The van der Waals surface area contributed by atoms with Crippen LogP contribution in [0.4, 0.5) is 18.9 Å². The Kier molecular flexibility index (Phi) is 4.68. The van der Waals surface area contributed by atoms with Gasteiger partial charge in [0.25, 0.3) is 5.69 Å². The van der Waals surface area contributed by atoms with Crippen LogP contribution >= 0.6 is 0 Å². The number of rotatable bonds is 5. The van der Waals surface area contributed by atoms with Gasteiger partial charge in [-0.05, 0) is 6.07 Å². The first-order valence-corrected chi connectivity index (χ1v) is 6.52. The fourth-order valence-corrected chi connectivity index (χ4v) is 2.43. The summed E-state index contributed by atoms with van der Waals surface area (Å²) in [5.41, 5.74) is -0.776. The van der Waals surface area contributed by atoms with Crippen LogP contribution in [0.15, 0.2) is 29.2 Å². The first-order chi connectivity index (χ1) is 9.05. The van der Waals surface area contributed by atoms with Crippen LogP contribution in [-0.4, -0.2) is 37.3 Å². The summed E-state index contributed by atoms with van der Waals surface area (Å²) in [4.78, 5) is 8.89. The van der Waals surface area contributed by atoms with Gasteiger partial charge in [-0.1, -0.05) is 12.1 Å². The van der Waals surface area contributed by atoms with E-state index < -0.39 is 44.4 Å². The van der Waals surface area contributed by atoms with Gasteiger partial charge < -0.3 is 5.11 Å². The molecule has 11 heteroatoms. The van der Waals surface area contributed by atoms with Crippen LogP contribution in [0.2, 0.25) is 0 Å². The van der Waals surface area contributed by atoms with Crippen LogP contribution in [0.1, 0.15) is 0 Å². The second-order valence-electron chi connectivity index (χ2n) is 3.63. The van der Waals surface area contributed by atoms with E-state index in [4.69, 9.17) is 5.11 Å². The van der Waals surface area contributed by atoms with Crippen LogP contribution in [0, 0.1) is 10.1 Å². The number of nitrogens with one attached hydrogen (secondary N) is 1. The first-order valence-electron chi connectivity index (χ1n) is 5.03. The van der Waals surface area contributed by atoms with Gasteiger partial charge in [0.1, 0.15) is 0 Å². The minimum atomic E-state index is -4.99. The third kappa shape index (κ3) is 3.88. The van der Waals surface area contributed by atoms with Gasteiger partial charge in [0.15, 0.2) is 11.0 Å². The van der Waals surface area contributed by atoms with Crippen LogP contribution < -0.4 is 4.72 Å². The summed E-state index contributed by atoms with van der Waals surface area (Å²) in [5.74, 6) is 0. The number of para-hydroxylation sites is 1. The van der Waals surface area contributed by atoms with Crippen molar-refractivity contribution in [3.63, 3.8) is 0 Å². The monoisotopic (exact) mass is 314 g/mol. The number of nitrogens with zero attached hydrogens (tertiary/aromatic N) is 1. The highest BCUT2D eigenvalue weighted by molar-refractivity contribution is 7.89. The van der Waals surface area contributed by atoms with E-state index in [-0.39, 0.29) is 0 Å². The van der Waals surface area contributed by atoms with Gasteiger partial charge in [-0.3, -0.25) is 10.1 Å². The highest BCUT2D eigenvalue weighted by Gasteiger charge is 2.39. The lowest BCUT2D eigenvalue weighted by Crippen LogP contribution is -2.40. The molecule has 1 atom stereocenters. The second-order valence-corrected chi connectivity index (χ2v) is 5.37. The molecule has 0 aliphatic rings. The van der Waals surface area contributed by atoms with Gasteiger partial charge >= 0.3 is 6.18 Å². The smallest absolute Gasteiger partial charge is 0.382 e. The van der Waals surface area contributed by atoms with Gasteiger partial charge in [-0.25, -0.2) is 13.1 Å². The summed E-state index contributed by atoms with van der Waals surface area (Å²) in [5, 5.41) is 19.3. The molecule has 0 saturated heterocycles. The maximum Gasteiger partial charge on any atom is 0.415 e. The number of hydrogen-bond acceptors (Lipinski definition) is 5. The number of benzene rings is 1. The van der Waals surface area contributed by atoms with Crippen molar-refractivity contribution >= 4 is 15.7 Å². The van der Waals surface area contributed by atoms with Gasteiger partial charge in [0.05, 0.1) is 4.92 Å². The number of sulfonamides is 1. The van der Waals surface area contributed by atoms with E-state index in [0.29, 0.717) is 0 Å². The summed E-state index contributed by atoms with van der Waals surface area (Å²) in [6.45, 7) is -1.34. The molecule has 0 saturated carbocycles. The normalized spacial score (nSPS) is 14.0. The molecule has 0 spiro atoms. The van der Waals surface area contributed by atoms with E-state index >= 15 is 0 Å². The lowest BCUT2D eigenvalue weighted by molar-refractivity contribution is -0.387. The first kappa shape index (κ1) is 16.3. The van der Waals surface area contributed by atoms with Crippen LogP contribution in [0.5, 0.6) is 0 Å². The lowest BCUT2D eigenvalue weighted by atomic mass is 10.3. The van der Waals surface area contributed by atoms with E-state index in [1.54, 1.807) is 0 Å². The number of aliphatic hydroxyl groups is 1. The third-order valence-corrected chi connectivity index (χ3v) is 3.67. The zero-order valence-corrected chi connectivity index (χ0v) is 10.5. The summed E-state index contributed by atoms with van der Waals surface area (Å²) in [6, 6.07) is 4.17. The molecule has 0 fully saturated rings. The fraction of sp³-hybridized carbons (Fsp3) is 0.333. The van der Waals surface area contributed by atoms with Crippen molar-refractivity contribution in [1.82, 2.24) is 4.72 Å². The van der Waals surface area contributed by atoms with Crippen molar-refractivity contribution in [1.29, 1.82) is 0 Å². The van der Waals surface area contributed by atoms with E-state index in [2.05, 4.69) is 0 Å². The molecular weight excluding hydrogens is 305 g/mol. The van der Waals surface area contributed by atoms with Crippen LogP contribution in [0.25, 0.3) is 0 Å². The van der Waals surface area contributed by atoms with Crippen molar-refractivity contribution in [3.05, 3.63) is 34.4 Å². The van der Waals surface area contributed by atoms with E-state index in [1.165, 1.54) is 16.9 Å². The van der Waals surface area contributed by atoms with Crippen molar-refractivity contribution in [3.8, 4) is 0 Å². The molecule has 0 radical (unpaired) electrons. The van der Waals surface area contributed by atoms with Crippen LogP contribution in [0.3, 0.4) is 0 Å². The summed E-state index contributed by atoms with van der Waals surface area (Å²) in [7, 11) is -4.54. The number of nitro groups is 1. The Morgan fingerprint density at radius 1 is 1.35 bits per heavy atom. The largest absolute Gasteiger partial charge is 0.415 e. The van der Waals surface area contributed by atoms with Gasteiger partial charge in [0, 0.05) is 12.6 Å². The average Bonchev–Trinajstić information content (AvgIpc) is 2.34. The van der Waals surface area contributed by atoms with Crippen molar-refractivity contribution < 1.29 is 31.6 Å². The Bertz CT molecular complexity index is 602. The summed E-state index contributed by atoms with van der Waals surface area (Å²) < 4.78 is 61.0. The van der Waals surface area contributed by atoms with Gasteiger partial charge in [-0.2, -0.15) is 13.2 Å². The molecule has 0 heterocycles. The molecular formula is C9H9F3N2O5S. The average molecular weight is 314 g/mol. The van der Waals surface area contributed by atoms with Crippen molar-refractivity contribution in [2.75, 3.05) is 6.54 Å². The molecule has 0 aliphatic carbocycles. The molecule has 1 aromatic carbocycles. The number of nitro benzene ring substituents is 1. The quantitative estimate of drug-likeness (QED) is 0.617. The van der Waals surface area contributed by atoms with E-state index in [9.17, 15) is 31.7 Å². The van der Waals surface area contributed by atoms with Crippen molar-refractivity contribution in [2.45, 2.75) is 17.2 Å². The van der Waals surface area contributed by atoms with Gasteiger partial charge in [-0.15, -0.1) is 0 Å². The maximum atomic E-state index is 12.0. The Morgan fingerprint density at radius 3 is 2.40 bits per heavy atom. The molecule has 7 nitrogen and oxygen atoms in total. The predicted octanol–water partition coefficient (Wildman–Crippen LogP) is 0.796. The highest BCUT2D eigenvalue weighted by Crippen LogP contribution is 2.23. The number of hydrogen-bond donors (Lipinski definition) is 2. The molecule has 0 amide bonds. The molecule has 0 aromatic heterocycles. The van der Waals surface area contributed by atoms with Crippen molar-refractivity contribution in [2.24, 2.45) is 0 Å². The molecule has 20 heavy (non-hydrogen) atoms. The lowest BCUT2D eigenvalue weighted by Gasteiger charge is -2.15. The zero-order chi connectivity index (χ0) is 15.6. The highest BCUT2D eigenvalue weighted by atomic mass is 32.2. The molecule has 112 valence electrons. The van der Waals surface area contributed by atoms with E-state index in [1.807, 2.05) is 0 Å². The zero-order valence-electron chi connectivity index (χ0n) is 9.66. The minimum Gasteiger partial charge on any atom is -0.382 e. The number of alkyl halides is 3. The number of aliphatic hydroxyl groups excluding tert-OH is 1. The molecule has 1 rings (SSSR count). The Morgan fingerprint density at radius 2 is 1.90 bits per heavy atom. The molecule has 0 bridgehead atoms. The standard InChI is InChI=1S/C9H9F3N2O5S/c10-9(11,12)8(15)5-13-20(18,19)7-4-2-1-3-6(7)14(16)17/h1-4,8,13,15H,5H2. The Labute approximate surface area is 111 Å². The molecule has 0 aliphatic heterocycles. The minimum absolute atomic E-state index is 0.776. The second kappa shape index (κ2) is 5.73. The molecule has 1 unspecified atom stereocenters. The Balaban J connectivity index is 2.99. The van der Waals surface area contributed by atoms with E-state index in [0.717, 1.165) is 12.1 Å². The topological polar surface area (TPSA) is 110 Å². The van der Waals surface area contributed by atoms with Crippen LogP contribution in [-0.2, 0) is 10.0 Å². The predicted molar refractivity (Wildman–Crippen MR) is 60.3 cm³/mol. The number of halogens is 3. The fourth-order valence-electron chi connectivity index (χ4n) is 1.22. The van der Waals surface area contributed by atoms with Gasteiger partial charge in [0.2, 0.25) is 10.0 Å². The summed E-state index contributed by atoms with van der Waals surface area (Å²) in [6.07, 6.45) is -7.90.